The van der Waals surface area contributed by atoms with Gasteiger partial charge in [-0.05, 0) is 31.6 Å². The highest BCUT2D eigenvalue weighted by molar-refractivity contribution is 5.26. The number of rotatable bonds is 4. The summed E-state index contributed by atoms with van der Waals surface area (Å²) in [5.41, 5.74) is 1.13. The van der Waals surface area contributed by atoms with Gasteiger partial charge in [0.25, 0.3) is 0 Å². The van der Waals surface area contributed by atoms with Crippen molar-refractivity contribution in [1.82, 2.24) is 9.78 Å². The van der Waals surface area contributed by atoms with Crippen LogP contribution < -0.4 is 0 Å². The molecule has 0 bridgehead atoms. The van der Waals surface area contributed by atoms with E-state index in [9.17, 15) is 10.4 Å². The number of hydrogen-bond acceptors (Lipinski definition) is 3. The van der Waals surface area contributed by atoms with Crippen LogP contribution in [0.15, 0.2) is 6.20 Å². The Kier molecular flexibility index (Phi) is 3.96. The van der Waals surface area contributed by atoms with Crippen molar-refractivity contribution in [2.24, 2.45) is 18.4 Å². The topological polar surface area (TPSA) is 61.8 Å². The quantitative estimate of drug-likeness (QED) is 0.906. The summed E-state index contributed by atoms with van der Waals surface area (Å²) < 4.78 is 1.73. The fourth-order valence-electron chi connectivity index (χ4n) is 3.29. The summed E-state index contributed by atoms with van der Waals surface area (Å²) in [4.78, 5) is 0. The molecule has 4 heteroatoms. The van der Waals surface area contributed by atoms with Crippen molar-refractivity contribution < 1.29 is 5.11 Å². The van der Waals surface area contributed by atoms with Crippen molar-refractivity contribution in [2.75, 3.05) is 0 Å². The first-order valence-corrected chi connectivity index (χ1v) is 7.18. The third-order valence-corrected chi connectivity index (χ3v) is 4.54. The fraction of sp³-hybridized carbons (Fsp3) is 0.733. The lowest BCUT2D eigenvalue weighted by molar-refractivity contribution is 0.0633. The number of aryl methyl sites for hydroxylation is 2. The van der Waals surface area contributed by atoms with Crippen LogP contribution >= 0.6 is 0 Å². The molecule has 0 amide bonds. The maximum Gasteiger partial charge on any atom is 0.101 e. The zero-order chi connectivity index (χ0) is 14.0. The van der Waals surface area contributed by atoms with Gasteiger partial charge >= 0.3 is 0 Å². The second-order valence-electron chi connectivity index (χ2n) is 5.75. The van der Waals surface area contributed by atoms with Crippen LogP contribution in [0, 0.1) is 22.7 Å². The molecule has 0 aromatic carbocycles. The molecule has 0 spiro atoms. The van der Waals surface area contributed by atoms with Gasteiger partial charge in [-0.25, -0.2) is 0 Å². The van der Waals surface area contributed by atoms with E-state index in [2.05, 4.69) is 18.1 Å². The molecule has 3 unspecified atom stereocenters. The van der Waals surface area contributed by atoms with Gasteiger partial charge in [-0.3, -0.25) is 4.68 Å². The number of aliphatic hydroxyl groups excluding tert-OH is 1. The van der Waals surface area contributed by atoms with Crippen LogP contribution in [0.1, 0.15) is 56.9 Å². The molecule has 1 aliphatic rings. The zero-order valence-corrected chi connectivity index (χ0v) is 12.1. The van der Waals surface area contributed by atoms with Crippen molar-refractivity contribution in [3.63, 3.8) is 0 Å². The summed E-state index contributed by atoms with van der Waals surface area (Å²) in [5, 5.41) is 24.7. The fourth-order valence-corrected chi connectivity index (χ4v) is 3.29. The third-order valence-electron chi connectivity index (χ3n) is 4.54. The number of hydrogen-bond donors (Lipinski definition) is 1. The molecule has 0 aliphatic heterocycles. The molecule has 0 radical (unpaired) electrons. The van der Waals surface area contributed by atoms with Gasteiger partial charge in [-0.15, -0.1) is 0 Å². The number of aromatic nitrogens is 2. The molecule has 19 heavy (non-hydrogen) atoms. The monoisotopic (exact) mass is 261 g/mol. The van der Waals surface area contributed by atoms with E-state index in [1.165, 1.54) is 0 Å². The lowest BCUT2D eigenvalue weighted by Gasteiger charge is -2.27. The maximum atomic E-state index is 10.7. The van der Waals surface area contributed by atoms with E-state index >= 15 is 0 Å². The predicted octanol–water partition coefficient (Wildman–Crippen LogP) is 2.74. The van der Waals surface area contributed by atoms with E-state index in [0.717, 1.165) is 43.4 Å². The second-order valence-corrected chi connectivity index (χ2v) is 5.75. The smallest absolute Gasteiger partial charge is 0.101 e. The Morgan fingerprint density at radius 2 is 2.37 bits per heavy atom. The van der Waals surface area contributed by atoms with Crippen molar-refractivity contribution in [1.29, 1.82) is 5.26 Å². The number of nitrogens with zero attached hydrogens (tertiary/aromatic N) is 3. The van der Waals surface area contributed by atoms with E-state index in [1.54, 1.807) is 4.68 Å². The Bertz CT molecular complexity index is 488. The van der Waals surface area contributed by atoms with E-state index in [4.69, 9.17) is 0 Å². The van der Waals surface area contributed by atoms with Crippen LogP contribution in [0.5, 0.6) is 0 Å². The molecule has 4 nitrogen and oxygen atoms in total. The van der Waals surface area contributed by atoms with Crippen LogP contribution in [-0.4, -0.2) is 14.9 Å². The van der Waals surface area contributed by atoms with Gasteiger partial charge in [0.05, 0.1) is 17.2 Å². The Morgan fingerprint density at radius 3 is 2.89 bits per heavy atom. The molecular weight excluding hydrogens is 238 g/mol. The normalized spacial score (nSPS) is 28.3. The van der Waals surface area contributed by atoms with Gasteiger partial charge in [0.2, 0.25) is 0 Å². The van der Waals surface area contributed by atoms with E-state index < -0.39 is 11.5 Å². The standard InChI is InChI=1S/C15H23N3O/c1-4-11-6-7-15(8-11,10-16)14(19)12-9-18(3)17-13(12)5-2/h9,11,14,19H,4-8H2,1-3H3. The summed E-state index contributed by atoms with van der Waals surface area (Å²) in [6.45, 7) is 4.19. The number of aliphatic hydroxyl groups is 1. The average molecular weight is 261 g/mol. The van der Waals surface area contributed by atoms with Crippen molar-refractivity contribution in [3.8, 4) is 6.07 Å². The molecule has 1 aromatic heterocycles. The summed E-state index contributed by atoms with van der Waals surface area (Å²) in [5.74, 6) is 0.566. The van der Waals surface area contributed by atoms with Gasteiger partial charge in [0.15, 0.2) is 0 Å². The summed E-state index contributed by atoms with van der Waals surface area (Å²) in [7, 11) is 1.86. The van der Waals surface area contributed by atoms with Gasteiger partial charge in [0.1, 0.15) is 6.10 Å². The average Bonchev–Trinajstić information content (AvgIpc) is 3.01. The molecule has 3 atom stereocenters. The van der Waals surface area contributed by atoms with Gasteiger partial charge < -0.3 is 5.11 Å². The molecular formula is C15H23N3O. The van der Waals surface area contributed by atoms with Crippen LogP contribution in [0.2, 0.25) is 0 Å². The highest BCUT2D eigenvalue weighted by Gasteiger charge is 2.46. The molecule has 1 fully saturated rings. The lowest BCUT2D eigenvalue weighted by Crippen LogP contribution is -2.25. The molecule has 1 heterocycles. The molecule has 2 rings (SSSR count). The zero-order valence-electron chi connectivity index (χ0n) is 12.1. The van der Waals surface area contributed by atoms with E-state index in [-0.39, 0.29) is 0 Å². The molecule has 1 N–H and O–H groups in total. The van der Waals surface area contributed by atoms with Gasteiger partial charge in [-0.1, -0.05) is 20.3 Å². The largest absolute Gasteiger partial charge is 0.387 e. The molecule has 1 saturated carbocycles. The molecule has 0 saturated heterocycles. The van der Waals surface area contributed by atoms with Crippen LogP contribution in [0.3, 0.4) is 0 Å². The summed E-state index contributed by atoms with van der Waals surface area (Å²) in [6, 6.07) is 2.41. The first-order valence-electron chi connectivity index (χ1n) is 7.18. The van der Waals surface area contributed by atoms with Crippen LogP contribution in [-0.2, 0) is 13.5 Å². The summed E-state index contributed by atoms with van der Waals surface area (Å²) in [6.07, 6.45) is 5.67. The second kappa shape index (κ2) is 5.34. The maximum absolute atomic E-state index is 10.7. The van der Waals surface area contributed by atoms with Gasteiger partial charge in [0, 0.05) is 18.8 Å². The highest BCUT2D eigenvalue weighted by atomic mass is 16.3. The Balaban J connectivity index is 2.31. The SMILES string of the molecule is CCc1nn(C)cc1C(O)C1(C#N)CCC(CC)C1. The highest BCUT2D eigenvalue weighted by Crippen LogP contribution is 2.50. The number of nitriles is 1. The Labute approximate surface area is 115 Å². The molecule has 1 aliphatic carbocycles. The first kappa shape index (κ1) is 14.1. The molecule has 104 valence electrons. The van der Waals surface area contributed by atoms with E-state index in [1.807, 2.05) is 20.2 Å². The van der Waals surface area contributed by atoms with Crippen molar-refractivity contribution in [3.05, 3.63) is 17.5 Å². The van der Waals surface area contributed by atoms with Gasteiger partial charge in [-0.2, -0.15) is 10.4 Å². The Hall–Kier alpha value is -1.34. The Morgan fingerprint density at radius 1 is 1.63 bits per heavy atom. The van der Waals surface area contributed by atoms with Crippen molar-refractivity contribution in [2.45, 2.75) is 52.1 Å². The minimum atomic E-state index is -0.710. The third kappa shape index (κ3) is 2.40. The predicted molar refractivity (Wildman–Crippen MR) is 73.2 cm³/mol. The van der Waals surface area contributed by atoms with Crippen molar-refractivity contribution >= 4 is 0 Å². The minimum Gasteiger partial charge on any atom is -0.387 e. The van der Waals surface area contributed by atoms with Crippen LogP contribution in [0.4, 0.5) is 0 Å². The minimum absolute atomic E-state index is 0.566. The van der Waals surface area contributed by atoms with Crippen LogP contribution in [0.25, 0.3) is 0 Å². The summed E-state index contributed by atoms with van der Waals surface area (Å²) >= 11 is 0. The molecule has 1 aromatic rings. The van der Waals surface area contributed by atoms with E-state index in [0.29, 0.717) is 5.92 Å². The first-order chi connectivity index (χ1) is 9.06. The lowest BCUT2D eigenvalue weighted by atomic mass is 9.77.